The van der Waals surface area contributed by atoms with E-state index in [0.29, 0.717) is 23.0 Å². The second kappa shape index (κ2) is 6.75. The summed E-state index contributed by atoms with van der Waals surface area (Å²) in [6, 6.07) is 5.38. The number of benzene rings is 1. The van der Waals surface area contributed by atoms with E-state index in [2.05, 4.69) is 5.10 Å². The molecule has 1 aromatic carbocycles. The highest BCUT2D eigenvalue weighted by Crippen LogP contribution is 2.27. The fourth-order valence-corrected chi connectivity index (χ4v) is 3.58. The lowest BCUT2D eigenvalue weighted by molar-refractivity contribution is -0.129. The minimum Gasteiger partial charge on any atom is -0.341 e. The smallest absolute Gasteiger partial charge is 0.227 e. The zero-order chi connectivity index (χ0) is 17.4. The highest BCUT2D eigenvalue weighted by atomic mass is 35.5. The fraction of sp³-hybridized carbons (Fsp3) is 0.412. The summed E-state index contributed by atoms with van der Waals surface area (Å²) < 4.78 is 1.77. The highest BCUT2D eigenvalue weighted by molar-refractivity contribution is 6.35. The topological polar surface area (TPSA) is 64.2 Å². The van der Waals surface area contributed by atoms with Gasteiger partial charge in [-0.3, -0.25) is 4.79 Å². The Morgan fingerprint density at radius 1 is 1.38 bits per heavy atom. The Kier molecular flexibility index (Phi) is 4.85. The third-order valence-corrected chi connectivity index (χ3v) is 5.02. The molecule has 5 nitrogen and oxygen atoms in total. The Bertz CT molecular complexity index is 787. The van der Waals surface area contributed by atoms with Gasteiger partial charge in [0.25, 0.3) is 0 Å². The fourth-order valence-electron chi connectivity index (χ4n) is 3.10. The molecule has 1 atom stereocenters. The summed E-state index contributed by atoms with van der Waals surface area (Å²) in [6.07, 6.45) is 1.19. The third-order valence-electron chi connectivity index (χ3n) is 4.48. The van der Waals surface area contributed by atoms with Gasteiger partial charge in [-0.2, -0.15) is 5.10 Å². The first-order valence-corrected chi connectivity index (χ1v) is 8.66. The van der Waals surface area contributed by atoms with E-state index in [4.69, 9.17) is 28.9 Å². The van der Waals surface area contributed by atoms with Crippen molar-refractivity contribution < 1.29 is 4.79 Å². The molecule has 7 heteroatoms. The van der Waals surface area contributed by atoms with E-state index in [9.17, 15) is 4.79 Å². The van der Waals surface area contributed by atoms with E-state index < -0.39 is 0 Å². The van der Waals surface area contributed by atoms with Crippen molar-refractivity contribution in [3.05, 3.63) is 45.2 Å². The number of halogens is 2. The Morgan fingerprint density at radius 2 is 2.12 bits per heavy atom. The van der Waals surface area contributed by atoms with Gasteiger partial charge in [-0.05, 0) is 38.5 Å². The molecule has 128 valence electrons. The average Bonchev–Trinajstić information content (AvgIpc) is 3.06. The van der Waals surface area contributed by atoms with Crippen LogP contribution in [-0.2, 0) is 11.2 Å². The van der Waals surface area contributed by atoms with Gasteiger partial charge in [-0.15, -0.1) is 0 Å². The monoisotopic (exact) mass is 366 g/mol. The quantitative estimate of drug-likeness (QED) is 0.907. The molecular weight excluding hydrogens is 347 g/mol. The molecule has 0 saturated carbocycles. The lowest BCUT2D eigenvalue weighted by Crippen LogP contribution is -2.33. The van der Waals surface area contributed by atoms with Gasteiger partial charge in [0.05, 0.1) is 22.8 Å². The summed E-state index contributed by atoms with van der Waals surface area (Å²) in [5.41, 5.74) is 9.32. The van der Waals surface area contributed by atoms with E-state index >= 15 is 0 Å². The van der Waals surface area contributed by atoms with Crippen LogP contribution in [0.1, 0.15) is 23.4 Å². The zero-order valence-electron chi connectivity index (χ0n) is 13.7. The lowest BCUT2D eigenvalue weighted by Gasteiger charge is -2.16. The molecule has 0 radical (unpaired) electrons. The number of nitrogens with zero attached hydrogens (tertiary/aromatic N) is 3. The van der Waals surface area contributed by atoms with Crippen LogP contribution in [0.3, 0.4) is 0 Å². The number of rotatable bonds is 3. The minimum atomic E-state index is 0.0896. The Hall–Kier alpha value is -1.56. The molecule has 1 fully saturated rings. The molecule has 2 N–H and O–H groups in total. The van der Waals surface area contributed by atoms with Crippen LogP contribution in [0.15, 0.2) is 18.2 Å². The predicted octanol–water partition coefficient (Wildman–Crippen LogP) is 2.90. The van der Waals surface area contributed by atoms with Crippen molar-refractivity contribution >= 4 is 29.1 Å². The molecule has 2 heterocycles. The molecule has 0 aliphatic carbocycles. The number of amides is 1. The summed E-state index contributed by atoms with van der Waals surface area (Å²) in [7, 11) is 0. The van der Waals surface area contributed by atoms with Crippen LogP contribution in [0.25, 0.3) is 5.69 Å². The molecule has 1 amide bonds. The van der Waals surface area contributed by atoms with Gasteiger partial charge < -0.3 is 10.6 Å². The number of nitrogens with two attached hydrogens (primary N) is 1. The molecule has 1 aliphatic rings. The summed E-state index contributed by atoms with van der Waals surface area (Å²) in [4.78, 5) is 14.3. The van der Waals surface area contributed by atoms with Gasteiger partial charge >= 0.3 is 0 Å². The van der Waals surface area contributed by atoms with E-state index in [0.717, 1.165) is 35.6 Å². The van der Waals surface area contributed by atoms with Crippen molar-refractivity contribution in [3.8, 4) is 5.69 Å². The number of aromatic nitrogens is 2. The first-order valence-electron chi connectivity index (χ1n) is 7.90. The standard InChI is InChI=1S/C17H20Cl2N4O/c1-10-14(8-17(24)22-6-5-13(20)9-22)11(2)23(21-10)16-4-3-12(18)7-15(16)19/h3-4,7,13H,5-6,8-9,20H2,1-2H3/t13-/m0/s1. The van der Waals surface area contributed by atoms with E-state index in [1.54, 1.807) is 16.8 Å². The Balaban J connectivity index is 1.88. The molecule has 0 spiro atoms. The van der Waals surface area contributed by atoms with Crippen LogP contribution in [0, 0.1) is 13.8 Å². The molecule has 1 aliphatic heterocycles. The van der Waals surface area contributed by atoms with Crippen LogP contribution in [0.4, 0.5) is 0 Å². The number of carbonyl (C=O) groups excluding carboxylic acids is 1. The second-order valence-corrected chi connectivity index (χ2v) is 7.07. The molecule has 3 rings (SSSR count). The maximum Gasteiger partial charge on any atom is 0.227 e. The van der Waals surface area contributed by atoms with Crippen LogP contribution in [0.2, 0.25) is 10.0 Å². The van der Waals surface area contributed by atoms with E-state index in [-0.39, 0.29) is 11.9 Å². The molecule has 1 saturated heterocycles. The maximum atomic E-state index is 12.5. The number of hydrogen-bond donors (Lipinski definition) is 1. The summed E-state index contributed by atoms with van der Waals surface area (Å²) in [5, 5.41) is 5.66. The highest BCUT2D eigenvalue weighted by Gasteiger charge is 2.25. The predicted molar refractivity (Wildman–Crippen MR) is 95.9 cm³/mol. The van der Waals surface area contributed by atoms with Crippen molar-refractivity contribution in [2.75, 3.05) is 13.1 Å². The van der Waals surface area contributed by atoms with Gasteiger partial charge in [-0.1, -0.05) is 23.2 Å². The number of aryl methyl sites for hydroxylation is 1. The molecule has 24 heavy (non-hydrogen) atoms. The number of carbonyl (C=O) groups is 1. The summed E-state index contributed by atoms with van der Waals surface area (Å²) in [6.45, 7) is 5.22. The van der Waals surface area contributed by atoms with Gasteiger partial charge in [0.15, 0.2) is 0 Å². The SMILES string of the molecule is Cc1nn(-c2ccc(Cl)cc2Cl)c(C)c1CC(=O)N1CC[C@H](N)C1. The minimum absolute atomic E-state index is 0.0896. The molecule has 2 aromatic rings. The Morgan fingerprint density at radius 3 is 2.75 bits per heavy atom. The largest absolute Gasteiger partial charge is 0.341 e. The van der Waals surface area contributed by atoms with Crippen LogP contribution in [0.5, 0.6) is 0 Å². The van der Waals surface area contributed by atoms with Gasteiger partial charge in [0.2, 0.25) is 5.91 Å². The molecule has 0 unspecified atom stereocenters. The zero-order valence-corrected chi connectivity index (χ0v) is 15.2. The van der Waals surface area contributed by atoms with Crippen LogP contribution in [-0.4, -0.2) is 39.7 Å². The number of likely N-dealkylation sites (tertiary alicyclic amines) is 1. The van der Waals surface area contributed by atoms with Gasteiger partial charge in [-0.25, -0.2) is 4.68 Å². The van der Waals surface area contributed by atoms with Gasteiger partial charge in [0, 0.05) is 35.4 Å². The third kappa shape index (κ3) is 3.29. The normalized spacial score (nSPS) is 17.5. The second-order valence-electron chi connectivity index (χ2n) is 6.22. The van der Waals surface area contributed by atoms with Crippen molar-refractivity contribution in [3.63, 3.8) is 0 Å². The van der Waals surface area contributed by atoms with Crippen molar-refractivity contribution in [1.29, 1.82) is 0 Å². The van der Waals surface area contributed by atoms with Crippen molar-refractivity contribution in [1.82, 2.24) is 14.7 Å². The molecular formula is C17H20Cl2N4O. The van der Waals surface area contributed by atoms with E-state index in [1.807, 2.05) is 24.8 Å². The molecule has 0 bridgehead atoms. The average molecular weight is 367 g/mol. The van der Waals surface area contributed by atoms with E-state index in [1.165, 1.54) is 0 Å². The first kappa shape index (κ1) is 17.3. The molecule has 1 aromatic heterocycles. The Labute approximate surface area is 151 Å². The van der Waals surface area contributed by atoms with Crippen LogP contribution >= 0.6 is 23.2 Å². The van der Waals surface area contributed by atoms with Gasteiger partial charge in [0.1, 0.15) is 0 Å². The van der Waals surface area contributed by atoms with Crippen molar-refractivity contribution in [2.45, 2.75) is 32.7 Å². The van der Waals surface area contributed by atoms with Crippen molar-refractivity contribution in [2.24, 2.45) is 5.73 Å². The van der Waals surface area contributed by atoms with Crippen LogP contribution < -0.4 is 5.73 Å². The summed E-state index contributed by atoms with van der Waals surface area (Å²) >= 11 is 12.2. The lowest BCUT2D eigenvalue weighted by atomic mass is 10.1. The maximum absolute atomic E-state index is 12.5. The first-order chi connectivity index (χ1) is 11.4. The summed E-state index contributed by atoms with van der Waals surface area (Å²) in [5.74, 6) is 0.0934. The number of hydrogen-bond acceptors (Lipinski definition) is 3.